The first-order chi connectivity index (χ1) is 3.97. The van der Waals surface area contributed by atoms with Crippen molar-refractivity contribution in [2.75, 3.05) is 13.1 Å². The highest BCUT2D eigenvalue weighted by Crippen LogP contribution is 2.17. The third-order valence-corrected chi connectivity index (χ3v) is 1.68. The van der Waals surface area contributed by atoms with Gasteiger partial charge in [0.05, 0.1) is 0 Å². The first kappa shape index (κ1) is 4.27. The molecule has 2 rings (SSSR count). The zero-order valence-corrected chi connectivity index (χ0v) is 4.59. The van der Waals surface area contributed by atoms with E-state index >= 15 is 0 Å². The second-order valence-electron chi connectivity index (χ2n) is 2.24. The van der Waals surface area contributed by atoms with Gasteiger partial charge in [-0.3, -0.25) is 4.99 Å². The molecule has 1 atom stereocenters. The van der Waals surface area contributed by atoms with Crippen molar-refractivity contribution in [3.8, 4) is 0 Å². The molecule has 2 heterocycles. The molecule has 2 heteroatoms. The molecule has 0 aromatic carbocycles. The van der Waals surface area contributed by atoms with Gasteiger partial charge in [-0.2, -0.15) is 0 Å². The molecule has 42 valence electrons. The number of nitrogens with one attached hydrogen (secondary N) is 1. The van der Waals surface area contributed by atoms with Crippen LogP contribution in [0.5, 0.6) is 0 Å². The maximum Gasteiger partial charge on any atom is 0.0308 e. The molecule has 0 aromatic rings. The van der Waals surface area contributed by atoms with Crippen molar-refractivity contribution in [3.05, 3.63) is 11.8 Å². The summed E-state index contributed by atoms with van der Waals surface area (Å²) in [7, 11) is 0. The van der Waals surface area contributed by atoms with Crippen LogP contribution in [0, 0.1) is 5.92 Å². The number of fused-ring (bicyclic) bond motifs is 1. The third kappa shape index (κ3) is 0.434. The highest BCUT2D eigenvalue weighted by atomic mass is 14.9. The van der Waals surface area contributed by atoms with Gasteiger partial charge in [-0.15, -0.1) is 0 Å². The number of rotatable bonds is 0. The van der Waals surface area contributed by atoms with Crippen LogP contribution in [0.4, 0.5) is 0 Å². The Balaban J connectivity index is 2.29. The summed E-state index contributed by atoms with van der Waals surface area (Å²) in [6.07, 6.45) is 3.97. The van der Waals surface area contributed by atoms with Crippen LogP contribution in [0.25, 0.3) is 0 Å². The quantitative estimate of drug-likeness (QED) is 0.470. The fraction of sp³-hybridized carbons (Fsp3) is 0.500. The van der Waals surface area contributed by atoms with E-state index in [0.29, 0.717) is 5.92 Å². The molecule has 0 bridgehead atoms. The van der Waals surface area contributed by atoms with Crippen LogP contribution in [-0.2, 0) is 0 Å². The van der Waals surface area contributed by atoms with Crippen LogP contribution in [-0.4, -0.2) is 19.3 Å². The van der Waals surface area contributed by atoms with Gasteiger partial charge in [-0.05, 0) is 5.57 Å². The van der Waals surface area contributed by atoms with Gasteiger partial charge in [0.15, 0.2) is 0 Å². The number of hydrogen-bond acceptors (Lipinski definition) is 2. The Morgan fingerprint density at radius 1 is 1.75 bits per heavy atom. The lowest BCUT2D eigenvalue weighted by Crippen LogP contribution is -2.08. The average molecular weight is 108 g/mol. The molecule has 2 aliphatic heterocycles. The lowest BCUT2D eigenvalue weighted by Gasteiger charge is -1.92. The second kappa shape index (κ2) is 1.42. The predicted molar refractivity (Wildman–Crippen MR) is 32.9 cm³/mol. The van der Waals surface area contributed by atoms with E-state index in [1.807, 2.05) is 12.4 Å². The maximum absolute atomic E-state index is 4.04. The standard InChI is InChI=1S/C6H8N2/c1-5-2-8-4-6(5)3-7-1/h1,3,5,8H,2,4H2. The van der Waals surface area contributed by atoms with Crippen LogP contribution >= 0.6 is 0 Å². The van der Waals surface area contributed by atoms with E-state index in [4.69, 9.17) is 0 Å². The highest BCUT2D eigenvalue weighted by molar-refractivity contribution is 5.70. The minimum Gasteiger partial charge on any atom is -0.312 e. The molecule has 1 unspecified atom stereocenters. The van der Waals surface area contributed by atoms with Crippen molar-refractivity contribution >= 4 is 6.21 Å². The molecular weight excluding hydrogens is 100 g/mol. The number of aliphatic imine (C=N–C) groups is 1. The van der Waals surface area contributed by atoms with Gasteiger partial charge in [0.2, 0.25) is 0 Å². The highest BCUT2D eigenvalue weighted by Gasteiger charge is 2.20. The Bertz CT molecular complexity index is 158. The van der Waals surface area contributed by atoms with Crippen molar-refractivity contribution in [2.45, 2.75) is 0 Å². The van der Waals surface area contributed by atoms with Crippen molar-refractivity contribution in [1.82, 2.24) is 5.32 Å². The lowest BCUT2D eigenvalue weighted by molar-refractivity contribution is 0.816. The molecule has 8 heavy (non-hydrogen) atoms. The Hall–Kier alpha value is -0.630. The summed E-state index contributed by atoms with van der Waals surface area (Å²) in [5.74, 6) is 0.634. The minimum absolute atomic E-state index is 0.634. The smallest absolute Gasteiger partial charge is 0.0308 e. The molecule has 1 N–H and O–H groups in total. The largest absolute Gasteiger partial charge is 0.312 e. The number of hydrogen-bond donors (Lipinski definition) is 1. The van der Waals surface area contributed by atoms with Gasteiger partial charge < -0.3 is 5.32 Å². The minimum atomic E-state index is 0.634. The molecule has 2 nitrogen and oxygen atoms in total. The Kier molecular flexibility index (Phi) is 0.758. The van der Waals surface area contributed by atoms with Crippen LogP contribution in [0.1, 0.15) is 0 Å². The van der Waals surface area contributed by atoms with E-state index < -0.39 is 0 Å². The summed E-state index contributed by atoms with van der Waals surface area (Å²) in [5.41, 5.74) is 1.45. The summed E-state index contributed by atoms with van der Waals surface area (Å²) in [4.78, 5) is 4.04. The SMILES string of the molecule is C1=NC=C2CNCC12. The van der Waals surface area contributed by atoms with Crippen LogP contribution in [0.15, 0.2) is 16.8 Å². The Morgan fingerprint density at radius 2 is 2.75 bits per heavy atom. The molecule has 1 saturated heterocycles. The normalized spacial score (nSPS) is 33.0. The van der Waals surface area contributed by atoms with E-state index in [0.717, 1.165) is 13.1 Å². The summed E-state index contributed by atoms with van der Waals surface area (Å²) >= 11 is 0. The molecule has 0 aliphatic carbocycles. The van der Waals surface area contributed by atoms with E-state index in [-0.39, 0.29) is 0 Å². The summed E-state index contributed by atoms with van der Waals surface area (Å²) in [6.45, 7) is 2.14. The first-order valence-corrected chi connectivity index (χ1v) is 2.90. The molecular formula is C6H8N2. The second-order valence-corrected chi connectivity index (χ2v) is 2.24. The van der Waals surface area contributed by atoms with Crippen molar-refractivity contribution < 1.29 is 0 Å². The summed E-state index contributed by atoms with van der Waals surface area (Å²) < 4.78 is 0. The van der Waals surface area contributed by atoms with Crippen LogP contribution in [0.3, 0.4) is 0 Å². The predicted octanol–water partition coefficient (Wildman–Crippen LogP) is 0.174. The van der Waals surface area contributed by atoms with E-state index in [9.17, 15) is 0 Å². The molecule has 0 spiro atoms. The molecule has 0 radical (unpaired) electrons. The zero-order valence-electron chi connectivity index (χ0n) is 4.59. The topological polar surface area (TPSA) is 24.4 Å². The average Bonchev–Trinajstić information content (AvgIpc) is 2.15. The van der Waals surface area contributed by atoms with Gasteiger partial charge >= 0.3 is 0 Å². The van der Waals surface area contributed by atoms with E-state index in [1.165, 1.54) is 5.57 Å². The summed E-state index contributed by atoms with van der Waals surface area (Å²) in [6, 6.07) is 0. The van der Waals surface area contributed by atoms with Crippen molar-refractivity contribution in [2.24, 2.45) is 10.9 Å². The summed E-state index contributed by atoms with van der Waals surface area (Å²) in [5, 5.41) is 3.26. The van der Waals surface area contributed by atoms with Gasteiger partial charge in [0, 0.05) is 31.4 Å². The van der Waals surface area contributed by atoms with Crippen molar-refractivity contribution in [1.29, 1.82) is 0 Å². The first-order valence-electron chi connectivity index (χ1n) is 2.90. The zero-order chi connectivity index (χ0) is 5.40. The monoisotopic (exact) mass is 108 g/mol. The van der Waals surface area contributed by atoms with Crippen LogP contribution < -0.4 is 5.32 Å². The maximum atomic E-state index is 4.04. The Labute approximate surface area is 48.3 Å². The number of nitrogens with zero attached hydrogens (tertiary/aromatic N) is 1. The Morgan fingerprint density at radius 3 is 3.62 bits per heavy atom. The van der Waals surface area contributed by atoms with Gasteiger partial charge in [-0.1, -0.05) is 0 Å². The van der Waals surface area contributed by atoms with Gasteiger partial charge in [0.25, 0.3) is 0 Å². The van der Waals surface area contributed by atoms with Crippen LogP contribution in [0.2, 0.25) is 0 Å². The van der Waals surface area contributed by atoms with Crippen molar-refractivity contribution in [3.63, 3.8) is 0 Å². The van der Waals surface area contributed by atoms with E-state index in [2.05, 4.69) is 10.3 Å². The van der Waals surface area contributed by atoms with Gasteiger partial charge in [-0.25, -0.2) is 0 Å². The molecule has 2 aliphatic rings. The lowest BCUT2D eigenvalue weighted by atomic mass is 10.1. The van der Waals surface area contributed by atoms with E-state index in [1.54, 1.807) is 0 Å². The molecule has 0 saturated carbocycles. The molecule has 0 amide bonds. The van der Waals surface area contributed by atoms with Gasteiger partial charge in [0.1, 0.15) is 0 Å². The fourth-order valence-electron chi connectivity index (χ4n) is 1.17. The third-order valence-electron chi connectivity index (χ3n) is 1.68. The fourth-order valence-corrected chi connectivity index (χ4v) is 1.17. The molecule has 1 fully saturated rings. The molecule has 0 aromatic heterocycles.